The fraction of sp³-hybridized carbons (Fsp3) is 0.909. The number of hydrogen-bond donors (Lipinski definition) is 0. The molecule has 7 heteroatoms. The van der Waals surface area contributed by atoms with Crippen LogP contribution in [-0.2, 0) is 22.4 Å². The fourth-order valence-corrected chi connectivity index (χ4v) is 15.9. The average Bonchev–Trinajstić information content (AvgIpc) is 2.99. The summed E-state index contributed by atoms with van der Waals surface area (Å²) in [6, 6.07) is 0. The van der Waals surface area contributed by atoms with E-state index in [2.05, 4.69) is 62.0 Å². The monoisotopic (exact) mass is 444 g/mol. The summed E-state index contributed by atoms with van der Waals surface area (Å²) in [4.78, 5) is 0. The van der Waals surface area contributed by atoms with Crippen LogP contribution in [0.2, 0.25) is 22.2 Å². The molecule has 0 aromatic heterocycles. The molecule has 2 aliphatic heterocycles. The third-order valence-corrected chi connectivity index (χ3v) is 16.6. The van der Waals surface area contributed by atoms with E-state index in [4.69, 9.17) is 22.4 Å². The zero-order valence-electron chi connectivity index (χ0n) is 19.9. The number of unbranched alkanes of at least 4 members (excludes halogenated alkanes) is 1. The Hall–Kier alpha value is -0.0262. The molecule has 170 valence electrons. The molecule has 29 heavy (non-hydrogen) atoms. The summed E-state index contributed by atoms with van der Waals surface area (Å²) in [5, 5.41) is 0. The first-order valence-corrected chi connectivity index (χ1v) is 15.4. The molecule has 0 spiro atoms. The summed E-state index contributed by atoms with van der Waals surface area (Å²) < 4.78 is 33.2. The van der Waals surface area contributed by atoms with Crippen LogP contribution in [0.3, 0.4) is 0 Å². The van der Waals surface area contributed by atoms with Gasteiger partial charge in [0.05, 0.1) is 19.3 Å². The smallest absolute Gasteiger partial charge is 0.335 e. The molecule has 2 aliphatic rings. The molecule has 0 bridgehead atoms. The highest BCUT2D eigenvalue weighted by molar-refractivity contribution is 6.83. The minimum atomic E-state index is -2.55. The molecule has 2 fully saturated rings. The Morgan fingerprint density at radius 2 is 1.52 bits per heavy atom. The van der Waals surface area contributed by atoms with Crippen LogP contribution in [0, 0.1) is 0 Å². The molecular formula is C22H44O5Si2. The van der Waals surface area contributed by atoms with Crippen LogP contribution in [0.15, 0.2) is 12.7 Å². The first-order chi connectivity index (χ1) is 13.6. The largest absolute Gasteiger partial charge is 0.414 e. The van der Waals surface area contributed by atoms with Crippen molar-refractivity contribution in [1.29, 1.82) is 0 Å². The van der Waals surface area contributed by atoms with Crippen LogP contribution in [0.4, 0.5) is 0 Å². The lowest BCUT2D eigenvalue weighted by Gasteiger charge is -2.51. The van der Waals surface area contributed by atoms with E-state index in [-0.39, 0.29) is 18.5 Å². The quantitative estimate of drug-likeness (QED) is 0.246. The van der Waals surface area contributed by atoms with Gasteiger partial charge in [-0.2, -0.15) is 0 Å². The number of ether oxygens (including phenoxy) is 2. The van der Waals surface area contributed by atoms with E-state index >= 15 is 0 Å². The minimum absolute atomic E-state index is 0.0257. The van der Waals surface area contributed by atoms with Crippen LogP contribution in [0.25, 0.3) is 0 Å². The van der Waals surface area contributed by atoms with Gasteiger partial charge in [-0.3, -0.25) is 0 Å². The van der Waals surface area contributed by atoms with Gasteiger partial charge < -0.3 is 22.4 Å². The van der Waals surface area contributed by atoms with Crippen molar-refractivity contribution in [3.63, 3.8) is 0 Å². The second-order valence-corrected chi connectivity index (χ2v) is 18.6. The Balaban J connectivity index is 2.29. The molecule has 0 aromatic rings. The number of fused-ring (bicyclic) bond motifs is 1. The van der Waals surface area contributed by atoms with Gasteiger partial charge in [0.25, 0.3) is 0 Å². The molecule has 0 aliphatic carbocycles. The van der Waals surface area contributed by atoms with Gasteiger partial charge in [-0.15, -0.1) is 6.58 Å². The fourth-order valence-electron chi connectivity index (χ4n) is 4.66. The van der Waals surface area contributed by atoms with Gasteiger partial charge >= 0.3 is 17.1 Å². The summed E-state index contributed by atoms with van der Waals surface area (Å²) in [6.07, 6.45) is 4.26. The highest BCUT2D eigenvalue weighted by atomic mass is 28.5. The van der Waals surface area contributed by atoms with E-state index in [1.807, 2.05) is 6.08 Å². The molecule has 2 heterocycles. The van der Waals surface area contributed by atoms with Gasteiger partial charge in [0.2, 0.25) is 0 Å². The Kier molecular flexibility index (Phi) is 9.16. The van der Waals surface area contributed by atoms with Crippen LogP contribution >= 0.6 is 0 Å². The summed E-state index contributed by atoms with van der Waals surface area (Å²) in [5.41, 5.74) is 1.36. The van der Waals surface area contributed by atoms with Crippen molar-refractivity contribution in [3.8, 4) is 0 Å². The van der Waals surface area contributed by atoms with Crippen molar-refractivity contribution in [2.75, 3.05) is 13.2 Å². The van der Waals surface area contributed by atoms with Crippen LogP contribution in [0.5, 0.6) is 0 Å². The van der Waals surface area contributed by atoms with E-state index in [0.717, 1.165) is 19.3 Å². The Morgan fingerprint density at radius 3 is 2.03 bits per heavy atom. The maximum absolute atomic E-state index is 7.19. The van der Waals surface area contributed by atoms with Gasteiger partial charge in [-0.25, -0.2) is 0 Å². The first kappa shape index (κ1) is 25.2. The SMILES string of the molecule is C=CCCCO[C@H]1C[C@@H]2O[Si](C(C)C)(C(C)C)O[Si](C(C)C)(C(C)C)OC[C@H]2O1. The summed E-state index contributed by atoms with van der Waals surface area (Å²) in [5.74, 6) is 0. The normalized spacial score (nSPS) is 29.3. The maximum Gasteiger partial charge on any atom is 0.335 e. The third kappa shape index (κ3) is 5.43. The lowest BCUT2D eigenvalue weighted by molar-refractivity contribution is -0.144. The predicted octanol–water partition coefficient (Wildman–Crippen LogP) is 6.04. The van der Waals surface area contributed by atoms with Gasteiger partial charge in [0.1, 0.15) is 6.10 Å². The van der Waals surface area contributed by atoms with Gasteiger partial charge in [0, 0.05) is 6.42 Å². The molecule has 0 radical (unpaired) electrons. The van der Waals surface area contributed by atoms with E-state index in [1.54, 1.807) is 0 Å². The van der Waals surface area contributed by atoms with E-state index in [1.165, 1.54) is 0 Å². The van der Waals surface area contributed by atoms with E-state index in [0.29, 0.717) is 35.4 Å². The van der Waals surface area contributed by atoms with E-state index < -0.39 is 17.1 Å². The van der Waals surface area contributed by atoms with Crippen molar-refractivity contribution in [1.82, 2.24) is 0 Å². The lowest BCUT2D eigenvalue weighted by atomic mass is 10.2. The predicted molar refractivity (Wildman–Crippen MR) is 122 cm³/mol. The molecule has 0 saturated carbocycles. The second-order valence-electron chi connectivity index (χ2n) is 9.77. The highest BCUT2D eigenvalue weighted by Gasteiger charge is 2.60. The Morgan fingerprint density at radius 1 is 0.931 bits per heavy atom. The van der Waals surface area contributed by atoms with Gasteiger partial charge in [-0.05, 0) is 35.0 Å². The van der Waals surface area contributed by atoms with Crippen LogP contribution in [-0.4, -0.2) is 48.8 Å². The Bertz CT molecular complexity index is 507. The lowest BCUT2D eigenvalue weighted by Crippen LogP contribution is -2.65. The number of rotatable bonds is 9. The molecule has 2 rings (SSSR count). The average molecular weight is 445 g/mol. The summed E-state index contributed by atoms with van der Waals surface area (Å²) in [7, 11) is -5.05. The molecule has 5 nitrogen and oxygen atoms in total. The van der Waals surface area contributed by atoms with Crippen molar-refractivity contribution in [2.45, 2.75) is 115 Å². The van der Waals surface area contributed by atoms with Gasteiger partial charge in [-0.1, -0.05) is 61.5 Å². The van der Waals surface area contributed by atoms with Crippen LogP contribution < -0.4 is 0 Å². The summed E-state index contributed by atoms with van der Waals surface area (Å²) in [6.45, 7) is 23.0. The maximum atomic E-state index is 7.19. The number of hydrogen-bond acceptors (Lipinski definition) is 5. The Labute approximate surface area is 181 Å². The van der Waals surface area contributed by atoms with Crippen molar-refractivity contribution in [3.05, 3.63) is 12.7 Å². The second kappa shape index (κ2) is 10.5. The van der Waals surface area contributed by atoms with Crippen molar-refractivity contribution < 1.29 is 22.4 Å². The van der Waals surface area contributed by atoms with Gasteiger partial charge in [0.15, 0.2) is 6.29 Å². The molecule has 0 aromatic carbocycles. The number of allylic oxidation sites excluding steroid dienone is 1. The molecule has 0 N–H and O–H groups in total. The van der Waals surface area contributed by atoms with Crippen LogP contribution in [0.1, 0.15) is 74.7 Å². The van der Waals surface area contributed by atoms with E-state index in [9.17, 15) is 0 Å². The zero-order valence-corrected chi connectivity index (χ0v) is 21.9. The van der Waals surface area contributed by atoms with Crippen molar-refractivity contribution in [2.24, 2.45) is 0 Å². The third-order valence-electron chi connectivity index (χ3n) is 6.37. The van der Waals surface area contributed by atoms with Crippen molar-refractivity contribution >= 4 is 17.1 Å². The molecule has 3 atom stereocenters. The summed E-state index contributed by atoms with van der Waals surface area (Å²) >= 11 is 0. The highest BCUT2D eigenvalue weighted by Crippen LogP contribution is 2.47. The zero-order chi connectivity index (χ0) is 21.8. The molecular weight excluding hydrogens is 400 g/mol. The molecule has 0 unspecified atom stereocenters. The minimum Gasteiger partial charge on any atom is -0.414 e. The topological polar surface area (TPSA) is 46.2 Å². The molecule has 0 amide bonds. The standard InChI is InChI=1S/C22H44O5Si2/c1-10-11-12-13-23-22-14-20-21(25-22)15-24-28(16(2)3,17(4)5)27-29(26-20,18(6)7)19(8)9/h10,16-22H,1,11-15H2,2-9H3/t20-,21+,22+/m0/s1. The first-order valence-electron chi connectivity index (χ1n) is 11.5. The molecule has 2 saturated heterocycles.